The smallest absolute Gasteiger partial charge is 0.338 e. The third-order valence-corrected chi connectivity index (χ3v) is 7.76. The number of ether oxygens (including phenoxy) is 1. The van der Waals surface area contributed by atoms with E-state index in [-0.39, 0.29) is 36.1 Å². The van der Waals surface area contributed by atoms with Crippen LogP contribution in [0.25, 0.3) is 0 Å². The minimum Gasteiger partial charge on any atom is -0.452 e. The standard InChI is InChI=1S/C21H29NO5S/c1-15-7-6-10-19(16(15)2)21(24)27-13-20(23)22(17-8-4-3-5-9-17)18-11-12-28(25,26)14-18/h6-7,10,17-18H,3-5,8-9,11-14H2,1-2H3/t18-/m0/s1. The molecule has 1 amide bonds. The van der Waals surface area contributed by atoms with Crippen LogP contribution in [0.15, 0.2) is 18.2 Å². The van der Waals surface area contributed by atoms with Crippen molar-refractivity contribution in [2.45, 2.75) is 64.5 Å². The summed E-state index contributed by atoms with van der Waals surface area (Å²) in [5, 5.41) is 0. The first kappa shape index (κ1) is 20.8. The Kier molecular flexibility index (Phi) is 6.43. The highest BCUT2D eigenvalue weighted by Gasteiger charge is 2.38. The zero-order chi connectivity index (χ0) is 20.3. The van der Waals surface area contributed by atoms with E-state index in [1.54, 1.807) is 17.0 Å². The second-order valence-electron chi connectivity index (χ2n) is 7.97. The second-order valence-corrected chi connectivity index (χ2v) is 10.2. The molecule has 154 valence electrons. The van der Waals surface area contributed by atoms with E-state index < -0.39 is 15.8 Å². The quantitative estimate of drug-likeness (QED) is 0.701. The minimum atomic E-state index is -3.10. The summed E-state index contributed by atoms with van der Waals surface area (Å²) >= 11 is 0. The minimum absolute atomic E-state index is 0.0141. The predicted molar refractivity (Wildman–Crippen MR) is 107 cm³/mol. The summed E-state index contributed by atoms with van der Waals surface area (Å²) in [7, 11) is -3.10. The molecule has 0 spiro atoms. The van der Waals surface area contributed by atoms with Crippen LogP contribution in [-0.2, 0) is 19.4 Å². The van der Waals surface area contributed by atoms with Crippen LogP contribution in [0.5, 0.6) is 0 Å². The number of aryl methyl sites for hydroxylation is 1. The summed E-state index contributed by atoms with van der Waals surface area (Å²) in [6, 6.07) is 5.14. The number of benzene rings is 1. The van der Waals surface area contributed by atoms with E-state index in [4.69, 9.17) is 4.74 Å². The van der Waals surface area contributed by atoms with E-state index in [0.717, 1.165) is 43.2 Å². The summed E-state index contributed by atoms with van der Waals surface area (Å²) in [5.74, 6) is -0.666. The molecule has 6 nitrogen and oxygen atoms in total. The molecule has 2 fully saturated rings. The molecule has 0 bridgehead atoms. The van der Waals surface area contributed by atoms with Gasteiger partial charge in [0, 0.05) is 12.1 Å². The fourth-order valence-corrected chi connectivity index (χ4v) is 6.02. The molecular formula is C21H29NO5S. The summed E-state index contributed by atoms with van der Waals surface area (Å²) in [5.41, 5.74) is 2.28. The van der Waals surface area contributed by atoms with Gasteiger partial charge in [-0.25, -0.2) is 13.2 Å². The monoisotopic (exact) mass is 407 g/mol. The number of rotatable bonds is 5. The van der Waals surface area contributed by atoms with E-state index >= 15 is 0 Å². The first-order valence-electron chi connectivity index (χ1n) is 10.0. The Balaban J connectivity index is 1.70. The molecule has 3 rings (SSSR count). The number of carbonyl (C=O) groups excluding carboxylic acids is 2. The number of hydrogen-bond acceptors (Lipinski definition) is 5. The van der Waals surface area contributed by atoms with Crippen molar-refractivity contribution in [3.63, 3.8) is 0 Å². The lowest BCUT2D eigenvalue weighted by Gasteiger charge is -2.38. The van der Waals surface area contributed by atoms with E-state index in [0.29, 0.717) is 12.0 Å². The Labute approximate surface area is 167 Å². The van der Waals surface area contributed by atoms with Crippen LogP contribution in [-0.4, -0.2) is 55.4 Å². The molecule has 1 heterocycles. The molecule has 0 aromatic heterocycles. The van der Waals surface area contributed by atoms with Crippen molar-refractivity contribution < 1.29 is 22.7 Å². The summed E-state index contributed by atoms with van der Waals surface area (Å²) in [4.78, 5) is 27.2. The van der Waals surface area contributed by atoms with E-state index in [2.05, 4.69) is 0 Å². The third kappa shape index (κ3) is 4.74. The lowest BCUT2D eigenvalue weighted by atomic mass is 9.93. The molecule has 1 aliphatic heterocycles. The van der Waals surface area contributed by atoms with Gasteiger partial charge in [0.25, 0.3) is 5.91 Å². The van der Waals surface area contributed by atoms with Gasteiger partial charge in [-0.15, -0.1) is 0 Å². The molecule has 0 N–H and O–H groups in total. The lowest BCUT2D eigenvalue weighted by molar-refractivity contribution is -0.140. The van der Waals surface area contributed by atoms with Crippen LogP contribution in [0, 0.1) is 13.8 Å². The van der Waals surface area contributed by atoms with Crippen molar-refractivity contribution in [2.24, 2.45) is 0 Å². The van der Waals surface area contributed by atoms with Crippen LogP contribution < -0.4 is 0 Å². The molecule has 1 saturated heterocycles. The van der Waals surface area contributed by atoms with Gasteiger partial charge in [-0.1, -0.05) is 31.4 Å². The average molecular weight is 408 g/mol. The van der Waals surface area contributed by atoms with Gasteiger partial charge >= 0.3 is 5.97 Å². The topological polar surface area (TPSA) is 80.8 Å². The van der Waals surface area contributed by atoms with E-state index in [9.17, 15) is 18.0 Å². The van der Waals surface area contributed by atoms with E-state index in [1.165, 1.54) is 0 Å². The lowest BCUT2D eigenvalue weighted by Crippen LogP contribution is -2.50. The molecule has 1 aromatic rings. The zero-order valence-corrected chi connectivity index (χ0v) is 17.5. The normalized spacial score (nSPS) is 22.0. The fourth-order valence-electron chi connectivity index (χ4n) is 4.31. The van der Waals surface area contributed by atoms with Crippen LogP contribution >= 0.6 is 0 Å². The van der Waals surface area contributed by atoms with Crippen molar-refractivity contribution in [1.82, 2.24) is 4.90 Å². The van der Waals surface area contributed by atoms with Gasteiger partial charge < -0.3 is 9.64 Å². The third-order valence-electron chi connectivity index (χ3n) is 6.01. The van der Waals surface area contributed by atoms with Crippen molar-refractivity contribution >= 4 is 21.7 Å². The van der Waals surface area contributed by atoms with E-state index in [1.807, 2.05) is 19.9 Å². The maximum atomic E-state index is 13.0. The zero-order valence-electron chi connectivity index (χ0n) is 16.6. The van der Waals surface area contributed by atoms with Crippen LogP contribution in [0.2, 0.25) is 0 Å². The Morgan fingerprint density at radius 2 is 1.79 bits per heavy atom. The molecule has 0 radical (unpaired) electrons. The molecule has 1 aliphatic carbocycles. The van der Waals surface area contributed by atoms with Crippen molar-refractivity contribution in [2.75, 3.05) is 18.1 Å². The van der Waals surface area contributed by atoms with Crippen molar-refractivity contribution in [3.8, 4) is 0 Å². The molecule has 0 unspecified atom stereocenters. The number of amides is 1. The molecule has 7 heteroatoms. The highest BCUT2D eigenvalue weighted by Crippen LogP contribution is 2.28. The Morgan fingerprint density at radius 3 is 2.43 bits per heavy atom. The van der Waals surface area contributed by atoms with Gasteiger partial charge in [-0.3, -0.25) is 4.79 Å². The summed E-state index contributed by atoms with van der Waals surface area (Å²) in [6.45, 7) is 3.42. The molecule has 2 aliphatic rings. The van der Waals surface area contributed by atoms with Crippen LogP contribution in [0.1, 0.15) is 60.0 Å². The molecule has 1 saturated carbocycles. The van der Waals surface area contributed by atoms with Crippen molar-refractivity contribution in [3.05, 3.63) is 34.9 Å². The SMILES string of the molecule is Cc1cccc(C(=O)OCC(=O)N(C2CCCCC2)[C@H]2CCS(=O)(=O)C2)c1C. The van der Waals surface area contributed by atoms with Gasteiger partial charge in [0.2, 0.25) is 0 Å². The van der Waals surface area contributed by atoms with Gasteiger partial charge in [0.05, 0.1) is 17.1 Å². The Hall–Kier alpha value is -1.89. The highest BCUT2D eigenvalue weighted by molar-refractivity contribution is 7.91. The summed E-state index contributed by atoms with van der Waals surface area (Å²) in [6.07, 6.45) is 5.45. The number of hydrogen-bond donors (Lipinski definition) is 0. The van der Waals surface area contributed by atoms with Gasteiger partial charge in [0.15, 0.2) is 16.4 Å². The van der Waals surface area contributed by atoms with Crippen LogP contribution in [0.4, 0.5) is 0 Å². The molecule has 1 aromatic carbocycles. The maximum Gasteiger partial charge on any atom is 0.338 e. The molecule has 28 heavy (non-hydrogen) atoms. The van der Waals surface area contributed by atoms with Gasteiger partial charge in [-0.05, 0) is 50.3 Å². The fraction of sp³-hybridized carbons (Fsp3) is 0.619. The predicted octanol–water partition coefficient (Wildman–Crippen LogP) is 2.81. The number of nitrogens with zero attached hydrogens (tertiary/aromatic N) is 1. The van der Waals surface area contributed by atoms with Crippen molar-refractivity contribution in [1.29, 1.82) is 0 Å². The number of carbonyl (C=O) groups is 2. The van der Waals surface area contributed by atoms with Gasteiger partial charge in [-0.2, -0.15) is 0 Å². The molecular weight excluding hydrogens is 378 g/mol. The summed E-state index contributed by atoms with van der Waals surface area (Å²) < 4.78 is 29.2. The Morgan fingerprint density at radius 1 is 1.07 bits per heavy atom. The number of sulfone groups is 1. The maximum absolute atomic E-state index is 13.0. The highest BCUT2D eigenvalue weighted by atomic mass is 32.2. The molecule has 1 atom stereocenters. The largest absolute Gasteiger partial charge is 0.452 e. The first-order chi connectivity index (χ1) is 13.3. The Bertz CT molecular complexity index is 842. The van der Waals surface area contributed by atoms with Crippen LogP contribution in [0.3, 0.4) is 0 Å². The average Bonchev–Trinajstić information content (AvgIpc) is 3.02. The first-order valence-corrected chi connectivity index (χ1v) is 11.9. The number of esters is 1. The van der Waals surface area contributed by atoms with Gasteiger partial charge in [0.1, 0.15) is 0 Å². The second kappa shape index (κ2) is 8.64.